The predicted octanol–water partition coefficient (Wildman–Crippen LogP) is -0.0786. The molecule has 2 rings (SSSR count). The molecule has 86 valence electrons. The van der Waals surface area contributed by atoms with Crippen LogP contribution >= 0.6 is 0 Å². The zero-order valence-corrected chi connectivity index (χ0v) is 9.35. The lowest BCUT2D eigenvalue weighted by atomic mass is 10.2. The standard InChI is InChI=1S/C11H20N2O2/c1-9(14)8-12-4-6-13(7-5-12)11(15)10-2-3-10/h9-10,14H,2-8H2,1H3. The summed E-state index contributed by atoms with van der Waals surface area (Å²) >= 11 is 0. The number of carbonyl (C=O) groups excluding carboxylic acids is 1. The molecule has 15 heavy (non-hydrogen) atoms. The van der Waals surface area contributed by atoms with Gasteiger partial charge < -0.3 is 10.0 Å². The second-order valence-corrected chi connectivity index (χ2v) is 4.75. The zero-order valence-electron chi connectivity index (χ0n) is 9.35. The minimum absolute atomic E-state index is 0.268. The Bertz CT molecular complexity index is 231. The lowest BCUT2D eigenvalue weighted by Crippen LogP contribution is -2.50. The Morgan fingerprint density at radius 3 is 2.40 bits per heavy atom. The summed E-state index contributed by atoms with van der Waals surface area (Å²) in [7, 11) is 0. The van der Waals surface area contributed by atoms with E-state index in [1.165, 1.54) is 0 Å². The maximum Gasteiger partial charge on any atom is 0.225 e. The van der Waals surface area contributed by atoms with Crippen molar-refractivity contribution in [3.05, 3.63) is 0 Å². The van der Waals surface area contributed by atoms with Crippen LogP contribution in [0.2, 0.25) is 0 Å². The Labute approximate surface area is 90.9 Å². The van der Waals surface area contributed by atoms with Gasteiger partial charge in [-0.3, -0.25) is 9.69 Å². The van der Waals surface area contributed by atoms with Gasteiger partial charge in [0.05, 0.1) is 6.10 Å². The Morgan fingerprint density at radius 2 is 1.93 bits per heavy atom. The number of β-amino-alcohol motifs (C(OH)–C–C–N with tert-alkyl or cyclic N) is 1. The number of hydrogen-bond donors (Lipinski definition) is 1. The van der Waals surface area contributed by atoms with Crippen molar-refractivity contribution in [2.45, 2.75) is 25.9 Å². The first-order chi connectivity index (χ1) is 7.16. The van der Waals surface area contributed by atoms with E-state index >= 15 is 0 Å². The van der Waals surface area contributed by atoms with Crippen LogP contribution < -0.4 is 0 Å². The van der Waals surface area contributed by atoms with Gasteiger partial charge in [-0.05, 0) is 19.8 Å². The summed E-state index contributed by atoms with van der Waals surface area (Å²) in [5.41, 5.74) is 0. The van der Waals surface area contributed by atoms with Crippen molar-refractivity contribution < 1.29 is 9.90 Å². The lowest BCUT2D eigenvalue weighted by Gasteiger charge is -2.35. The molecule has 2 aliphatic rings. The number of nitrogens with zero attached hydrogens (tertiary/aromatic N) is 2. The first kappa shape index (κ1) is 10.9. The van der Waals surface area contributed by atoms with Gasteiger partial charge in [0, 0.05) is 38.6 Å². The number of piperazine rings is 1. The van der Waals surface area contributed by atoms with E-state index in [1.54, 1.807) is 0 Å². The highest BCUT2D eigenvalue weighted by atomic mass is 16.3. The van der Waals surface area contributed by atoms with Gasteiger partial charge in [-0.1, -0.05) is 0 Å². The van der Waals surface area contributed by atoms with Crippen molar-refractivity contribution in [3.8, 4) is 0 Å². The Hall–Kier alpha value is -0.610. The predicted molar refractivity (Wildman–Crippen MR) is 57.4 cm³/mol. The van der Waals surface area contributed by atoms with Gasteiger partial charge in [-0.25, -0.2) is 0 Å². The quantitative estimate of drug-likeness (QED) is 0.711. The summed E-state index contributed by atoms with van der Waals surface area (Å²) in [6.45, 7) is 6.02. The average molecular weight is 212 g/mol. The molecule has 0 bridgehead atoms. The van der Waals surface area contributed by atoms with Crippen LogP contribution in [0, 0.1) is 5.92 Å². The normalized spacial score (nSPS) is 25.3. The van der Waals surface area contributed by atoms with E-state index < -0.39 is 0 Å². The minimum Gasteiger partial charge on any atom is -0.392 e. The SMILES string of the molecule is CC(O)CN1CCN(C(=O)C2CC2)CC1. The van der Waals surface area contributed by atoms with Gasteiger partial charge in [-0.2, -0.15) is 0 Å². The van der Waals surface area contributed by atoms with Crippen molar-refractivity contribution in [3.63, 3.8) is 0 Å². The fourth-order valence-corrected chi connectivity index (χ4v) is 2.11. The monoisotopic (exact) mass is 212 g/mol. The molecule has 0 aromatic heterocycles. The fraction of sp³-hybridized carbons (Fsp3) is 0.909. The van der Waals surface area contributed by atoms with Crippen molar-refractivity contribution >= 4 is 5.91 Å². The van der Waals surface area contributed by atoms with Crippen LogP contribution in [-0.4, -0.2) is 59.6 Å². The number of rotatable bonds is 3. The highest BCUT2D eigenvalue weighted by Gasteiger charge is 2.34. The van der Waals surface area contributed by atoms with E-state index in [2.05, 4.69) is 4.90 Å². The van der Waals surface area contributed by atoms with Gasteiger partial charge in [-0.15, -0.1) is 0 Å². The van der Waals surface area contributed by atoms with E-state index in [1.807, 2.05) is 11.8 Å². The summed E-state index contributed by atoms with van der Waals surface area (Å²) < 4.78 is 0. The van der Waals surface area contributed by atoms with Gasteiger partial charge in [0.25, 0.3) is 0 Å². The van der Waals surface area contributed by atoms with Crippen molar-refractivity contribution in [1.29, 1.82) is 0 Å². The smallest absolute Gasteiger partial charge is 0.225 e. The van der Waals surface area contributed by atoms with Crippen LogP contribution in [0.5, 0.6) is 0 Å². The molecule has 1 N–H and O–H groups in total. The molecule has 0 radical (unpaired) electrons. The summed E-state index contributed by atoms with van der Waals surface area (Å²) in [6.07, 6.45) is 1.91. The molecule has 1 saturated heterocycles. The minimum atomic E-state index is -0.268. The molecule has 1 aliphatic heterocycles. The lowest BCUT2D eigenvalue weighted by molar-refractivity contribution is -0.134. The number of aliphatic hydroxyl groups excluding tert-OH is 1. The second kappa shape index (κ2) is 4.49. The van der Waals surface area contributed by atoms with E-state index in [4.69, 9.17) is 0 Å². The molecule has 2 fully saturated rings. The Kier molecular flexibility index (Phi) is 3.26. The summed E-state index contributed by atoms with van der Waals surface area (Å²) in [5, 5.41) is 9.26. The summed E-state index contributed by atoms with van der Waals surface area (Å²) in [5.74, 6) is 0.694. The molecule has 1 aliphatic carbocycles. The van der Waals surface area contributed by atoms with E-state index in [0.717, 1.165) is 45.6 Å². The molecule has 1 saturated carbocycles. The number of carbonyl (C=O) groups is 1. The molecule has 1 heterocycles. The topological polar surface area (TPSA) is 43.8 Å². The van der Waals surface area contributed by atoms with Crippen LogP contribution in [-0.2, 0) is 4.79 Å². The molecule has 4 heteroatoms. The highest BCUT2D eigenvalue weighted by molar-refractivity contribution is 5.81. The van der Waals surface area contributed by atoms with E-state index in [-0.39, 0.29) is 6.10 Å². The third-order valence-electron chi connectivity index (χ3n) is 3.13. The van der Waals surface area contributed by atoms with Crippen LogP contribution in [0.3, 0.4) is 0 Å². The third kappa shape index (κ3) is 2.92. The Morgan fingerprint density at radius 1 is 1.33 bits per heavy atom. The first-order valence-electron chi connectivity index (χ1n) is 5.86. The molecule has 0 aromatic rings. The molecule has 1 amide bonds. The fourth-order valence-electron chi connectivity index (χ4n) is 2.11. The Balaban J connectivity index is 1.73. The van der Waals surface area contributed by atoms with Gasteiger partial charge >= 0.3 is 0 Å². The van der Waals surface area contributed by atoms with Crippen LogP contribution in [0.25, 0.3) is 0 Å². The number of aliphatic hydroxyl groups is 1. The first-order valence-corrected chi connectivity index (χ1v) is 5.86. The largest absolute Gasteiger partial charge is 0.392 e. The van der Waals surface area contributed by atoms with Crippen molar-refractivity contribution in [2.24, 2.45) is 5.92 Å². The van der Waals surface area contributed by atoms with Gasteiger partial charge in [0.2, 0.25) is 5.91 Å². The molecule has 1 unspecified atom stereocenters. The highest BCUT2D eigenvalue weighted by Crippen LogP contribution is 2.31. The second-order valence-electron chi connectivity index (χ2n) is 4.75. The maximum absolute atomic E-state index is 11.7. The van der Waals surface area contributed by atoms with Gasteiger partial charge in [0.1, 0.15) is 0 Å². The molecule has 0 spiro atoms. The van der Waals surface area contributed by atoms with Gasteiger partial charge in [0.15, 0.2) is 0 Å². The molecule has 0 aromatic carbocycles. The number of amides is 1. The average Bonchev–Trinajstić information content (AvgIpc) is 3.00. The van der Waals surface area contributed by atoms with Crippen LogP contribution in [0.1, 0.15) is 19.8 Å². The van der Waals surface area contributed by atoms with Crippen LogP contribution in [0.15, 0.2) is 0 Å². The maximum atomic E-state index is 11.7. The molecule has 1 atom stereocenters. The van der Waals surface area contributed by atoms with E-state index in [0.29, 0.717) is 11.8 Å². The molecule has 4 nitrogen and oxygen atoms in total. The summed E-state index contributed by atoms with van der Waals surface area (Å²) in [6, 6.07) is 0. The third-order valence-corrected chi connectivity index (χ3v) is 3.13. The number of hydrogen-bond acceptors (Lipinski definition) is 3. The summed E-state index contributed by atoms with van der Waals surface area (Å²) in [4.78, 5) is 16.0. The van der Waals surface area contributed by atoms with E-state index in [9.17, 15) is 9.90 Å². The van der Waals surface area contributed by atoms with Crippen LogP contribution in [0.4, 0.5) is 0 Å². The molecular weight excluding hydrogens is 192 g/mol. The zero-order chi connectivity index (χ0) is 10.8. The van der Waals surface area contributed by atoms with Crippen molar-refractivity contribution in [2.75, 3.05) is 32.7 Å². The molecular formula is C11H20N2O2. The van der Waals surface area contributed by atoms with Crippen molar-refractivity contribution in [1.82, 2.24) is 9.80 Å².